The standard InChI is InChI=1S/C14H19ClN4/c1-14(9-16)4-5-18(10-14)8-12-6-17-13-3-2-11(15)7-19(12)13/h2-3,6-7H,4-5,8-10,16H2,1H3. The lowest BCUT2D eigenvalue weighted by Crippen LogP contribution is -2.31. The molecule has 19 heavy (non-hydrogen) atoms. The fourth-order valence-corrected chi connectivity index (χ4v) is 2.94. The Balaban J connectivity index is 1.81. The van der Waals surface area contributed by atoms with Crippen molar-refractivity contribution in [3.8, 4) is 0 Å². The summed E-state index contributed by atoms with van der Waals surface area (Å²) in [6, 6.07) is 3.81. The molecule has 0 aromatic carbocycles. The van der Waals surface area contributed by atoms with Crippen LogP contribution in [0.4, 0.5) is 0 Å². The average molecular weight is 279 g/mol. The Morgan fingerprint density at radius 2 is 2.32 bits per heavy atom. The molecule has 102 valence electrons. The molecule has 4 nitrogen and oxygen atoms in total. The minimum Gasteiger partial charge on any atom is -0.330 e. The molecule has 2 aromatic rings. The monoisotopic (exact) mass is 278 g/mol. The largest absolute Gasteiger partial charge is 0.330 e. The van der Waals surface area contributed by atoms with Gasteiger partial charge in [0.05, 0.1) is 16.9 Å². The van der Waals surface area contributed by atoms with Crippen molar-refractivity contribution in [2.45, 2.75) is 19.9 Å². The van der Waals surface area contributed by atoms with Crippen LogP contribution in [0.25, 0.3) is 5.65 Å². The van der Waals surface area contributed by atoms with Crippen LogP contribution in [0.3, 0.4) is 0 Å². The van der Waals surface area contributed by atoms with Crippen LogP contribution in [-0.4, -0.2) is 33.9 Å². The van der Waals surface area contributed by atoms with Gasteiger partial charge < -0.3 is 10.1 Å². The van der Waals surface area contributed by atoms with E-state index in [1.807, 2.05) is 24.5 Å². The molecule has 1 aliphatic heterocycles. The first-order valence-electron chi connectivity index (χ1n) is 6.64. The Kier molecular flexibility index (Phi) is 3.25. The SMILES string of the molecule is CC1(CN)CCN(Cc2cnc3ccc(Cl)cn23)C1. The summed E-state index contributed by atoms with van der Waals surface area (Å²) < 4.78 is 2.07. The topological polar surface area (TPSA) is 46.6 Å². The van der Waals surface area contributed by atoms with E-state index in [-0.39, 0.29) is 5.41 Å². The lowest BCUT2D eigenvalue weighted by molar-refractivity contribution is 0.271. The van der Waals surface area contributed by atoms with Gasteiger partial charge in [-0.2, -0.15) is 0 Å². The maximum absolute atomic E-state index is 6.05. The highest BCUT2D eigenvalue weighted by atomic mass is 35.5. The fraction of sp³-hybridized carbons (Fsp3) is 0.500. The second kappa shape index (κ2) is 4.78. The smallest absolute Gasteiger partial charge is 0.137 e. The van der Waals surface area contributed by atoms with Gasteiger partial charge in [0.2, 0.25) is 0 Å². The summed E-state index contributed by atoms with van der Waals surface area (Å²) in [5.41, 5.74) is 8.24. The first-order valence-corrected chi connectivity index (χ1v) is 7.01. The molecule has 1 unspecified atom stereocenters. The lowest BCUT2D eigenvalue weighted by atomic mass is 9.90. The summed E-state index contributed by atoms with van der Waals surface area (Å²) in [7, 11) is 0. The Bertz CT molecular complexity index is 594. The molecule has 0 amide bonds. The van der Waals surface area contributed by atoms with Crippen LogP contribution >= 0.6 is 11.6 Å². The molecule has 0 bridgehead atoms. The van der Waals surface area contributed by atoms with E-state index in [2.05, 4.69) is 21.2 Å². The van der Waals surface area contributed by atoms with Gasteiger partial charge in [0.1, 0.15) is 5.65 Å². The molecule has 1 fully saturated rings. The molecular weight excluding hydrogens is 260 g/mol. The maximum atomic E-state index is 6.05. The second-order valence-electron chi connectivity index (χ2n) is 5.80. The highest BCUT2D eigenvalue weighted by Gasteiger charge is 2.32. The van der Waals surface area contributed by atoms with E-state index in [9.17, 15) is 0 Å². The van der Waals surface area contributed by atoms with Gasteiger partial charge in [0, 0.05) is 19.3 Å². The molecule has 2 aromatic heterocycles. The van der Waals surface area contributed by atoms with Gasteiger partial charge in [-0.3, -0.25) is 4.90 Å². The van der Waals surface area contributed by atoms with Gasteiger partial charge in [0.25, 0.3) is 0 Å². The number of rotatable bonds is 3. The van der Waals surface area contributed by atoms with Crippen molar-refractivity contribution in [3.63, 3.8) is 0 Å². The van der Waals surface area contributed by atoms with Crippen molar-refractivity contribution in [2.75, 3.05) is 19.6 Å². The molecule has 3 rings (SSSR count). The summed E-state index contributed by atoms with van der Waals surface area (Å²) in [6.45, 7) is 6.07. The number of hydrogen-bond donors (Lipinski definition) is 1. The van der Waals surface area contributed by atoms with Crippen LogP contribution < -0.4 is 5.73 Å². The van der Waals surface area contributed by atoms with Crippen LogP contribution in [0.15, 0.2) is 24.5 Å². The highest BCUT2D eigenvalue weighted by molar-refractivity contribution is 6.30. The zero-order valence-electron chi connectivity index (χ0n) is 11.1. The molecule has 1 saturated heterocycles. The van der Waals surface area contributed by atoms with Gasteiger partial charge in [-0.1, -0.05) is 18.5 Å². The number of imidazole rings is 1. The summed E-state index contributed by atoms with van der Waals surface area (Å²) in [5, 5.41) is 0.736. The average Bonchev–Trinajstić information content (AvgIpc) is 2.96. The van der Waals surface area contributed by atoms with Crippen molar-refractivity contribution in [1.82, 2.24) is 14.3 Å². The van der Waals surface area contributed by atoms with Gasteiger partial charge in [-0.25, -0.2) is 4.98 Å². The third-order valence-corrected chi connectivity index (χ3v) is 4.29. The predicted molar refractivity (Wildman–Crippen MR) is 77.3 cm³/mol. The fourth-order valence-electron chi connectivity index (χ4n) is 2.78. The van der Waals surface area contributed by atoms with Crippen molar-refractivity contribution < 1.29 is 0 Å². The minimum absolute atomic E-state index is 0.262. The van der Waals surface area contributed by atoms with E-state index in [1.165, 1.54) is 12.1 Å². The molecule has 2 N–H and O–H groups in total. The molecule has 0 aliphatic carbocycles. The number of hydrogen-bond acceptors (Lipinski definition) is 3. The molecule has 3 heterocycles. The van der Waals surface area contributed by atoms with Crippen molar-refractivity contribution >= 4 is 17.2 Å². The zero-order valence-corrected chi connectivity index (χ0v) is 11.9. The normalized spacial score (nSPS) is 24.4. The minimum atomic E-state index is 0.262. The molecule has 1 atom stereocenters. The number of nitrogens with two attached hydrogens (primary N) is 1. The second-order valence-corrected chi connectivity index (χ2v) is 6.24. The van der Waals surface area contributed by atoms with Gasteiger partial charge >= 0.3 is 0 Å². The van der Waals surface area contributed by atoms with Crippen LogP contribution in [0, 0.1) is 5.41 Å². The Morgan fingerprint density at radius 1 is 1.47 bits per heavy atom. The van der Waals surface area contributed by atoms with Gasteiger partial charge in [0.15, 0.2) is 0 Å². The Labute approximate surface area is 118 Å². The number of pyridine rings is 1. The van der Waals surface area contributed by atoms with Crippen molar-refractivity contribution in [3.05, 3.63) is 35.2 Å². The highest BCUT2D eigenvalue weighted by Crippen LogP contribution is 2.29. The number of nitrogens with zero attached hydrogens (tertiary/aromatic N) is 3. The number of likely N-dealkylation sites (tertiary alicyclic amines) is 1. The van der Waals surface area contributed by atoms with E-state index in [1.54, 1.807) is 0 Å². The number of halogens is 1. The summed E-state index contributed by atoms with van der Waals surface area (Å²) in [6.07, 6.45) is 5.03. The van der Waals surface area contributed by atoms with Crippen molar-refractivity contribution in [2.24, 2.45) is 11.1 Å². The van der Waals surface area contributed by atoms with E-state index in [0.29, 0.717) is 0 Å². The molecular formula is C14H19ClN4. The van der Waals surface area contributed by atoms with Gasteiger partial charge in [-0.05, 0) is 37.1 Å². The van der Waals surface area contributed by atoms with Crippen LogP contribution in [-0.2, 0) is 6.54 Å². The predicted octanol–water partition coefficient (Wildman–Crippen LogP) is 2.16. The van der Waals surface area contributed by atoms with E-state index in [4.69, 9.17) is 17.3 Å². The summed E-state index contributed by atoms with van der Waals surface area (Å²) >= 11 is 6.05. The molecule has 0 saturated carbocycles. The number of fused-ring (bicyclic) bond motifs is 1. The summed E-state index contributed by atoms with van der Waals surface area (Å²) in [5.74, 6) is 0. The van der Waals surface area contributed by atoms with Crippen LogP contribution in [0.1, 0.15) is 19.0 Å². The quantitative estimate of drug-likeness (QED) is 0.936. The molecule has 0 spiro atoms. The third kappa shape index (κ3) is 2.48. The first-order chi connectivity index (χ1) is 9.09. The molecule has 5 heteroatoms. The maximum Gasteiger partial charge on any atom is 0.137 e. The van der Waals surface area contributed by atoms with Crippen LogP contribution in [0.2, 0.25) is 5.02 Å². The Morgan fingerprint density at radius 3 is 3.05 bits per heavy atom. The molecule has 0 radical (unpaired) electrons. The van der Waals surface area contributed by atoms with E-state index >= 15 is 0 Å². The van der Waals surface area contributed by atoms with Crippen molar-refractivity contribution in [1.29, 1.82) is 0 Å². The lowest BCUT2D eigenvalue weighted by Gasteiger charge is -2.22. The summed E-state index contributed by atoms with van der Waals surface area (Å²) in [4.78, 5) is 6.85. The van der Waals surface area contributed by atoms with E-state index < -0.39 is 0 Å². The first kappa shape index (κ1) is 12.9. The van der Waals surface area contributed by atoms with E-state index in [0.717, 1.165) is 36.8 Å². The zero-order chi connectivity index (χ0) is 13.5. The Hall–Kier alpha value is -1.10. The number of aromatic nitrogens is 2. The van der Waals surface area contributed by atoms with Crippen LogP contribution in [0.5, 0.6) is 0 Å². The molecule has 1 aliphatic rings. The third-order valence-electron chi connectivity index (χ3n) is 4.06. The van der Waals surface area contributed by atoms with Gasteiger partial charge in [-0.15, -0.1) is 0 Å².